The van der Waals surface area contributed by atoms with Crippen molar-refractivity contribution >= 4 is 22.7 Å². The SMILES string of the molecule is O=c1[nH]c2ncnc(Nc3ccccc3)c2[nH]1. The average Bonchev–Trinajstić information content (AvgIpc) is 2.72. The number of para-hydroxylation sites is 1. The molecule has 17 heavy (non-hydrogen) atoms. The molecule has 6 nitrogen and oxygen atoms in total. The second-order valence-corrected chi connectivity index (χ2v) is 3.52. The van der Waals surface area contributed by atoms with Crippen LogP contribution >= 0.6 is 0 Å². The molecule has 84 valence electrons. The smallest absolute Gasteiger partial charge is 0.325 e. The van der Waals surface area contributed by atoms with Crippen LogP contribution < -0.4 is 11.0 Å². The summed E-state index contributed by atoms with van der Waals surface area (Å²) in [5, 5.41) is 3.12. The minimum absolute atomic E-state index is 0.295. The summed E-state index contributed by atoms with van der Waals surface area (Å²) < 4.78 is 0. The van der Waals surface area contributed by atoms with Crippen LogP contribution in [0.4, 0.5) is 11.5 Å². The summed E-state index contributed by atoms with van der Waals surface area (Å²) >= 11 is 0. The van der Waals surface area contributed by atoms with E-state index in [9.17, 15) is 4.79 Å². The van der Waals surface area contributed by atoms with Crippen molar-refractivity contribution in [3.05, 3.63) is 47.1 Å². The van der Waals surface area contributed by atoms with Gasteiger partial charge in [0, 0.05) is 5.69 Å². The predicted molar refractivity (Wildman–Crippen MR) is 64.2 cm³/mol. The first-order valence-corrected chi connectivity index (χ1v) is 5.08. The number of aromatic amines is 2. The molecule has 0 fully saturated rings. The quantitative estimate of drug-likeness (QED) is 0.617. The van der Waals surface area contributed by atoms with Crippen LogP contribution in [0, 0.1) is 0 Å². The van der Waals surface area contributed by atoms with E-state index in [0.717, 1.165) is 5.69 Å². The first-order valence-electron chi connectivity index (χ1n) is 5.08. The number of nitrogens with one attached hydrogen (secondary N) is 3. The highest BCUT2D eigenvalue weighted by molar-refractivity contribution is 5.84. The van der Waals surface area contributed by atoms with Gasteiger partial charge in [-0.15, -0.1) is 0 Å². The number of H-pyrrole nitrogens is 2. The number of anilines is 2. The van der Waals surface area contributed by atoms with Crippen molar-refractivity contribution in [3.63, 3.8) is 0 Å². The van der Waals surface area contributed by atoms with Crippen LogP contribution in [0.1, 0.15) is 0 Å². The third-order valence-electron chi connectivity index (χ3n) is 2.35. The lowest BCUT2D eigenvalue weighted by Gasteiger charge is -2.04. The Morgan fingerprint density at radius 2 is 1.88 bits per heavy atom. The molecule has 0 radical (unpaired) electrons. The number of hydrogen-bond donors (Lipinski definition) is 3. The molecule has 6 heteroatoms. The largest absolute Gasteiger partial charge is 0.338 e. The van der Waals surface area contributed by atoms with E-state index >= 15 is 0 Å². The van der Waals surface area contributed by atoms with Crippen molar-refractivity contribution in [2.75, 3.05) is 5.32 Å². The molecule has 0 aliphatic rings. The van der Waals surface area contributed by atoms with Gasteiger partial charge in [0.05, 0.1) is 0 Å². The van der Waals surface area contributed by atoms with Gasteiger partial charge in [-0.2, -0.15) is 0 Å². The number of benzene rings is 1. The van der Waals surface area contributed by atoms with Gasteiger partial charge in [0.2, 0.25) is 0 Å². The minimum Gasteiger partial charge on any atom is -0.338 e. The molecule has 0 atom stereocenters. The zero-order chi connectivity index (χ0) is 11.7. The van der Waals surface area contributed by atoms with Crippen molar-refractivity contribution in [1.82, 2.24) is 19.9 Å². The van der Waals surface area contributed by atoms with Gasteiger partial charge in [-0.3, -0.25) is 4.98 Å². The van der Waals surface area contributed by atoms with Crippen molar-refractivity contribution in [1.29, 1.82) is 0 Å². The van der Waals surface area contributed by atoms with E-state index in [1.807, 2.05) is 30.3 Å². The molecule has 2 heterocycles. The van der Waals surface area contributed by atoms with Gasteiger partial charge < -0.3 is 10.3 Å². The topological polar surface area (TPSA) is 86.5 Å². The molecule has 0 aliphatic carbocycles. The molecular weight excluding hydrogens is 218 g/mol. The highest BCUT2D eigenvalue weighted by Crippen LogP contribution is 2.18. The second kappa shape index (κ2) is 3.75. The van der Waals surface area contributed by atoms with Gasteiger partial charge in [-0.1, -0.05) is 18.2 Å². The fourth-order valence-corrected chi connectivity index (χ4v) is 1.60. The van der Waals surface area contributed by atoms with Crippen LogP contribution in [-0.2, 0) is 0 Å². The number of aromatic nitrogens is 4. The first-order chi connectivity index (χ1) is 8.33. The molecule has 2 aromatic heterocycles. The maximum atomic E-state index is 11.2. The van der Waals surface area contributed by atoms with E-state index in [-0.39, 0.29) is 5.69 Å². The molecule has 0 aliphatic heterocycles. The third-order valence-corrected chi connectivity index (χ3v) is 2.35. The number of imidazole rings is 1. The molecule has 0 saturated heterocycles. The summed E-state index contributed by atoms with van der Waals surface area (Å²) in [5.41, 5.74) is 1.66. The number of nitrogens with zero attached hydrogens (tertiary/aromatic N) is 2. The van der Waals surface area contributed by atoms with Gasteiger partial charge >= 0.3 is 5.69 Å². The maximum absolute atomic E-state index is 11.2. The summed E-state index contributed by atoms with van der Waals surface area (Å²) in [6, 6.07) is 9.59. The summed E-state index contributed by atoms with van der Waals surface area (Å²) in [6.07, 6.45) is 1.40. The first kappa shape index (κ1) is 9.59. The molecule has 0 unspecified atom stereocenters. The van der Waals surface area contributed by atoms with E-state index in [2.05, 4.69) is 25.3 Å². The minimum atomic E-state index is -0.295. The van der Waals surface area contributed by atoms with Gasteiger partial charge in [0.1, 0.15) is 11.8 Å². The number of rotatable bonds is 2. The highest BCUT2D eigenvalue weighted by atomic mass is 16.1. The Labute approximate surface area is 95.7 Å². The third kappa shape index (κ3) is 1.76. The van der Waals surface area contributed by atoms with Crippen molar-refractivity contribution in [2.45, 2.75) is 0 Å². The summed E-state index contributed by atoms with van der Waals surface area (Å²) in [6.45, 7) is 0. The van der Waals surface area contributed by atoms with Crippen LogP contribution in [0.5, 0.6) is 0 Å². The zero-order valence-corrected chi connectivity index (χ0v) is 8.77. The Balaban J connectivity index is 2.09. The fraction of sp³-hybridized carbons (Fsp3) is 0. The lowest BCUT2D eigenvalue weighted by atomic mass is 10.3. The van der Waals surface area contributed by atoms with Crippen LogP contribution in [0.3, 0.4) is 0 Å². The summed E-state index contributed by atoms with van der Waals surface area (Å²) in [7, 11) is 0. The van der Waals surface area contributed by atoms with Crippen LogP contribution in [0.15, 0.2) is 41.5 Å². The molecule has 0 amide bonds. The van der Waals surface area contributed by atoms with Crippen LogP contribution in [0.25, 0.3) is 11.2 Å². The second-order valence-electron chi connectivity index (χ2n) is 3.52. The summed E-state index contributed by atoms with van der Waals surface area (Å²) in [5.74, 6) is 0.569. The fourth-order valence-electron chi connectivity index (χ4n) is 1.60. The lowest BCUT2D eigenvalue weighted by Crippen LogP contribution is -2.00. The van der Waals surface area contributed by atoms with Gasteiger partial charge in [0.25, 0.3) is 0 Å². The predicted octanol–water partition coefficient (Wildman–Crippen LogP) is 1.39. The maximum Gasteiger partial charge on any atom is 0.325 e. The molecule has 3 rings (SSSR count). The van der Waals surface area contributed by atoms with E-state index in [4.69, 9.17) is 0 Å². The molecule has 3 N–H and O–H groups in total. The Kier molecular flexibility index (Phi) is 2.11. The average molecular weight is 227 g/mol. The van der Waals surface area contributed by atoms with Crippen molar-refractivity contribution in [3.8, 4) is 0 Å². The zero-order valence-electron chi connectivity index (χ0n) is 8.77. The molecule has 0 spiro atoms. The number of fused-ring (bicyclic) bond motifs is 1. The highest BCUT2D eigenvalue weighted by Gasteiger charge is 2.06. The van der Waals surface area contributed by atoms with E-state index < -0.39 is 0 Å². The Morgan fingerprint density at radius 3 is 2.71 bits per heavy atom. The van der Waals surface area contributed by atoms with Crippen molar-refractivity contribution < 1.29 is 0 Å². The molecule has 3 aromatic rings. The monoisotopic (exact) mass is 227 g/mol. The Bertz CT molecular complexity index is 700. The standard InChI is InChI=1S/C11H9N5O/c17-11-15-8-9(12-6-13-10(8)16-11)14-7-4-2-1-3-5-7/h1-6H,(H3,12,13,14,15,16,17). The molecular formula is C11H9N5O. The number of hydrogen-bond acceptors (Lipinski definition) is 4. The van der Waals surface area contributed by atoms with E-state index in [0.29, 0.717) is 17.0 Å². The molecule has 0 bridgehead atoms. The summed E-state index contributed by atoms with van der Waals surface area (Å²) in [4.78, 5) is 24.5. The normalized spacial score (nSPS) is 10.6. The van der Waals surface area contributed by atoms with Gasteiger partial charge in [0.15, 0.2) is 11.5 Å². The van der Waals surface area contributed by atoms with Crippen LogP contribution in [-0.4, -0.2) is 19.9 Å². The molecule has 0 saturated carbocycles. The molecule has 1 aromatic carbocycles. The van der Waals surface area contributed by atoms with Crippen LogP contribution in [0.2, 0.25) is 0 Å². The van der Waals surface area contributed by atoms with E-state index in [1.54, 1.807) is 0 Å². The van der Waals surface area contributed by atoms with Gasteiger partial charge in [-0.25, -0.2) is 14.8 Å². The lowest BCUT2D eigenvalue weighted by molar-refractivity contribution is 1.18. The van der Waals surface area contributed by atoms with Crippen molar-refractivity contribution in [2.24, 2.45) is 0 Å². The van der Waals surface area contributed by atoms with E-state index in [1.165, 1.54) is 6.33 Å². The Hall–Kier alpha value is -2.63. The Morgan fingerprint density at radius 1 is 1.06 bits per heavy atom. The van der Waals surface area contributed by atoms with Gasteiger partial charge in [-0.05, 0) is 12.1 Å².